The smallest absolute Gasteiger partial charge is 0.422 e. The first-order valence-electron chi connectivity index (χ1n) is 5.56. The van der Waals surface area contributed by atoms with Gasteiger partial charge in [-0.25, -0.2) is 4.98 Å². The van der Waals surface area contributed by atoms with Crippen LogP contribution >= 0.6 is 11.6 Å². The molecule has 0 radical (unpaired) electrons. The standard InChI is InChI=1S/C11H9ClF6N2O2/c1-20(4-10(13,14)15)9(21)6-2-7(12)8(19-3-6)22-5-11(16,17)18/h2-3H,4-5H2,1H3. The summed E-state index contributed by atoms with van der Waals surface area (Å²) in [6, 6.07) is 0.884. The first kappa shape index (κ1) is 18.3. The van der Waals surface area contributed by atoms with Gasteiger partial charge in [0.25, 0.3) is 5.91 Å². The lowest BCUT2D eigenvalue weighted by Gasteiger charge is -2.19. The van der Waals surface area contributed by atoms with Crippen LogP contribution in [0.2, 0.25) is 5.02 Å². The zero-order chi connectivity index (χ0) is 17.1. The first-order chi connectivity index (χ1) is 9.89. The molecule has 22 heavy (non-hydrogen) atoms. The Hall–Kier alpha value is -1.71. The number of carbonyl (C=O) groups is 1. The van der Waals surface area contributed by atoms with Crippen LogP contribution in [-0.2, 0) is 0 Å². The normalized spacial score (nSPS) is 12.2. The molecule has 124 valence electrons. The van der Waals surface area contributed by atoms with Crippen molar-refractivity contribution in [2.75, 3.05) is 20.2 Å². The van der Waals surface area contributed by atoms with Gasteiger partial charge in [0.05, 0.1) is 5.56 Å². The van der Waals surface area contributed by atoms with E-state index in [0.717, 1.165) is 19.3 Å². The summed E-state index contributed by atoms with van der Waals surface area (Å²) in [4.78, 5) is 15.5. The van der Waals surface area contributed by atoms with Crippen LogP contribution in [-0.4, -0.2) is 48.3 Å². The molecule has 1 aromatic rings. The van der Waals surface area contributed by atoms with Crippen molar-refractivity contribution in [3.05, 3.63) is 22.8 Å². The first-order valence-corrected chi connectivity index (χ1v) is 5.94. The van der Waals surface area contributed by atoms with Gasteiger partial charge in [-0.15, -0.1) is 0 Å². The SMILES string of the molecule is CN(CC(F)(F)F)C(=O)c1cnc(OCC(F)(F)F)c(Cl)c1. The molecule has 4 nitrogen and oxygen atoms in total. The van der Waals surface area contributed by atoms with E-state index in [2.05, 4.69) is 9.72 Å². The second kappa shape index (κ2) is 6.59. The van der Waals surface area contributed by atoms with Crippen molar-refractivity contribution < 1.29 is 35.9 Å². The lowest BCUT2D eigenvalue weighted by Crippen LogP contribution is -2.35. The maximum absolute atomic E-state index is 12.2. The van der Waals surface area contributed by atoms with Crippen LogP contribution in [0.15, 0.2) is 12.3 Å². The fourth-order valence-electron chi connectivity index (χ4n) is 1.36. The van der Waals surface area contributed by atoms with Crippen molar-refractivity contribution in [3.63, 3.8) is 0 Å². The quantitative estimate of drug-likeness (QED) is 0.782. The van der Waals surface area contributed by atoms with Crippen molar-refractivity contribution >= 4 is 17.5 Å². The Labute approximate surface area is 125 Å². The van der Waals surface area contributed by atoms with Crippen molar-refractivity contribution in [2.45, 2.75) is 12.4 Å². The van der Waals surface area contributed by atoms with E-state index < -0.39 is 42.3 Å². The molecule has 1 aromatic heterocycles. The van der Waals surface area contributed by atoms with Gasteiger partial charge in [0, 0.05) is 13.2 Å². The minimum atomic E-state index is -4.60. The van der Waals surface area contributed by atoms with Crippen LogP contribution in [0, 0.1) is 0 Å². The highest BCUT2D eigenvalue weighted by Gasteiger charge is 2.32. The molecular formula is C11H9ClF6N2O2. The number of nitrogens with zero attached hydrogens (tertiary/aromatic N) is 2. The van der Waals surface area contributed by atoms with Crippen molar-refractivity contribution in [2.24, 2.45) is 0 Å². The van der Waals surface area contributed by atoms with Crippen molar-refractivity contribution in [1.29, 1.82) is 0 Å². The van der Waals surface area contributed by atoms with Crippen molar-refractivity contribution in [3.8, 4) is 5.88 Å². The molecule has 0 aliphatic carbocycles. The van der Waals surface area contributed by atoms with Crippen LogP contribution < -0.4 is 4.74 Å². The molecular weight excluding hydrogens is 342 g/mol. The summed E-state index contributed by atoms with van der Waals surface area (Å²) in [6.45, 7) is -3.13. The van der Waals surface area contributed by atoms with E-state index in [9.17, 15) is 31.1 Å². The number of carbonyl (C=O) groups excluding carboxylic acids is 1. The third kappa shape index (κ3) is 5.96. The molecule has 1 amide bonds. The summed E-state index contributed by atoms with van der Waals surface area (Å²) in [5, 5.41) is -0.421. The Bertz CT molecular complexity index is 546. The number of amides is 1. The molecule has 0 N–H and O–H groups in total. The largest absolute Gasteiger partial charge is 0.467 e. The van der Waals surface area contributed by atoms with Gasteiger partial charge in [-0.05, 0) is 6.07 Å². The second-order valence-electron chi connectivity index (χ2n) is 4.19. The molecule has 1 rings (SSSR count). The van der Waals surface area contributed by atoms with Crippen LogP contribution in [0.3, 0.4) is 0 Å². The van der Waals surface area contributed by atoms with Crippen molar-refractivity contribution in [1.82, 2.24) is 9.88 Å². The number of ether oxygens (including phenoxy) is 1. The summed E-state index contributed by atoms with van der Waals surface area (Å²) in [7, 11) is 0.914. The predicted octanol–water partition coefficient (Wildman–Crippen LogP) is 3.31. The predicted molar refractivity (Wildman–Crippen MR) is 63.8 cm³/mol. The van der Waals surface area contributed by atoms with Gasteiger partial charge in [-0.2, -0.15) is 26.3 Å². The zero-order valence-corrected chi connectivity index (χ0v) is 11.7. The lowest BCUT2D eigenvalue weighted by molar-refractivity contribution is -0.154. The average Bonchev–Trinajstić information content (AvgIpc) is 2.33. The molecule has 0 atom stereocenters. The van der Waals surface area contributed by atoms with E-state index in [1.165, 1.54) is 0 Å². The summed E-state index contributed by atoms with van der Waals surface area (Å²) < 4.78 is 76.8. The summed E-state index contributed by atoms with van der Waals surface area (Å²) in [5.41, 5.74) is -0.309. The second-order valence-corrected chi connectivity index (χ2v) is 4.60. The highest BCUT2D eigenvalue weighted by Crippen LogP contribution is 2.25. The van der Waals surface area contributed by atoms with Crippen LogP contribution in [0.1, 0.15) is 10.4 Å². The van der Waals surface area contributed by atoms with E-state index in [4.69, 9.17) is 11.6 Å². The topological polar surface area (TPSA) is 42.4 Å². The minimum Gasteiger partial charge on any atom is -0.467 e. The Morgan fingerprint density at radius 2 is 1.86 bits per heavy atom. The monoisotopic (exact) mass is 350 g/mol. The fourth-order valence-corrected chi connectivity index (χ4v) is 1.58. The number of aromatic nitrogens is 1. The maximum Gasteiger partial charge on any atom is 0.422 e. The maximum atomic E-state index is 12.2. The third-order valence-electron chi connectivity index (χ3n) is 2.19. The molecule has 0 aliphatic rings. The van der Waals surface area contributed by atoms with E-state index in [1.807, 2.05) is 0 Å². The third-order valence-corrected chi connectivity index (χ3v) is 2.46. The number of alkyl halides is 6. The Balaban J connectivity index is 2.82. The molecule has 0 bridgehead atoms. The van der Waals surface area contributed by atoms with Gasteiger partial charge in [0.15, 0.2) is 6.61 Å². The summed E-state index contributed by atoms with van der Waals surface area (Å²) in [5.74, 6) is -1.61. The fraction of sp³-hybridized carbons (Fsp3) is 0.455. The molecule has 0 saturated heterocycles. The van der Waals surface area contributed by atoms with Gasteiger partial charge in [0.1, 0.15) is 11.6 Å². The molecule has 0 fully saturated rings. The molecule has 0 spiro atoms. The number of halogens is 7. The molecule has 1 heterocycles. The highest BCUT2D eigenvalue weighted by atomic mass is 35.5. The number of pyridine rings is 1. The van der Waals surface area contributed by atoms with Gasteiger partial charge in [-0.1, -0.05) is 11.6 Å². The average molecular weight is 351 g/mol. The van der Waals surface area contributed by atoms with Gasteiger partial charge < -0.3 is 9.64 Å². The van der Waals surface area contributed by atoms with Crippen LogP contribution in [0.5, 0.6) is 5.88 Å². The van der Waals surface area contributed by atoms with E-state index in [1.54, 1.807) is 0 Å². The Morgan fingerprint density at radius 3 is 2.32 bits per heavy atom. The molecule has 11 heteroatoms. The van der Waals surface area contributed by atoms with Crippen LogP contribution in [0.4, 0.5) is 26.3 Å². The molecule has 0 unspecified atom stereocenters. The van der Waals surface area contributed by atoms with E-state index in [-0.39, 0.29) is 5.56 Å². The van der Waals surface area contributed by atoms with Gasteiger partial charge >= 0.3 is 12.4 Å². The molecule has 0 saturated carbocycles. The summed E-state index contributed by atoms with van der Waals surface area (Å²) in [6.07, 6.45) is -8.41. The number of rotatable bonds is 4. The van der Waals surface area contributed by atoms with E-state index in [0.29, 0.717) is 4.90 Å². The molecule has 0 aromatic carbocycles. The Morgan fingerprint density at radius 1 is 1.27 bits per heavy atom. The highest BCUT2D eigenvalue weighted by molar-refractivity contribution is 6.32. The lowest BCUT2D eigenvalue weighted by atomic mass is 10.2. The van der Waals surface area contributed by atoms with Gasteiger partial charge in [0.2, 0.25) is 5.88 Å². The van der Waals surface area contributed by atoms with Crippen LogP contribution in [0.25, 0.3) is 0 Å². The zero-order valence-electron chi connectivity index (χ0n) is 10.9. The van der Waals surface area contributed by atoms with Gasteiger partial charge in [-0.3, -0.25) is 4.79 Å². The number of hydrogen-bond donors (Lipinski definition) is 0. The number of hydrogen-bond acceptors (Lipinski definition) is 3. The minimum absolute atomic E-state index is 0.309. The summed E-state index contributed by atoms with van der Waals surface area (Å²) >= 11 is 5.59. The Kier molecular flexibility index (Phi) is 5.49. The van der Waals surface area contributed by atoms with E-state index >= 15 is 0 Å². The molecule has 0 aliphatic heterocycles.